The number of Topliss-reactive ketones (excluding diaryl/α,β-unsaturated/α-hetero) is 1. The molecule has 0 amide bonds. The molecule has 1 aliphatic rings. The Morgan fingerprint density at radius 3 is 2.18 bits per heavy atom. The maximum absolute atomic E-state index is 11.6. The number of carbonyl (C=O) groups excluding carboxylic acids is 2. The molecule has 7 nitrogen and oxygen atoms in total. The number of para-hydroxylation sites is 2. The van der Waals surface area contributed by atoms with Gasteiger partial charge < -0.3 is 21.3 Å². The number of carbonyl (C=O) groups is 3. The van der Waals surface area contributed by atoms with E-state index in [1.807, 2.05) is 0 Å². The lowest BCUT2D eigenvalue weighted by molar-refractivity contribution is -0.126. The van der Waals surface area contributed by atoms with E-state index in [4.69, 9.17) is 16.6 Å². The van der Waals surface area contributed by atoms with E-state index in [9.17, 15) is 14.4 Å². The number of ketones is 1. The van der Waals surface area contributed by atoms with E-state index in [-0.39, 0.29) is 10.3 Å². The predicted octanol–water partition coefficient (Wildman–Crippen LogP) is 5.03. The molecule has 0 aliphatic heterocycles. The number of esters is 1. The minimum atomic E-state index is -0.980. The summed E-state index contributed by atoms with van der Waals surface area (Å²) in [6.07, 6.45) is 2.75. The molecule has 0 saturated heterocycles. The largest absolute Gasteiger partial charge is 0.478 e. The number of rotatable bonds is 3. The van der Waals surface area contributed by atoms with E-state index in [1.54, 1.807) is 43.3 Å². The van der Waals surface area contributed by atoms with Crippen LogP contribution in [-0.2, 0) is 9.53 Å². The first-order valence-corrected chi connectivity index (χ1v) is 11.5. The third kappa shape index (κ3) is 8.74. The van der Waals surface area contributed by atoms with Gasteiger partial charge in [0, 0.05) is 28.5 Å². The number of nitrogens with two attached hydrogens (primary N) is 2. The van der Waals surface area contributed by atoms with Gasteiger partial charge in [-0.05, 0) is 49.4 Å². The molecule has 1 fully saturated rings. The molecule has 2 unspecified atom stereocenters. The van der Waals surface area contributed by atoms with Crippen molar-refractivity contribution in [2.75, 3.05) is 18.6 Å². The molecule has 2 aromatic rings. The number of aromatic carboxylic acids is 1. The first-order valence-electron chi connectivity index (χ1n) is 11.1. The number of thiol groups is 1. The van der Waals surface area contributed by atoms with Crippen molar-refractivity contribution >= 4 is 41.7 Å². The standard InChI is InChI=1S/C10H18OS.2C8H9NO2/c1-7(2)8-4-5-10(3,12)6-9(8)11;1-11-8(10)6-4-2-3-5-7(6)9;1-5-3-2-4-6(7(5)9)8(10)11/h7-8,12H,4-6H2,1-3H3;2-5H,9H2,1H3;2-4H,9H2,1H3,(H,10,11). The third-order valence-electron chi connectivity index (χ3n) is 5.69. The van der Waals surface area contributed by atoms with Crippen LogP contribution in [0, 0.1) is 18.8 Å². The van der Waals surface area contributed by atoms with E-state index in [1.165, 1.54) is 13.2 Å². The fourth-order valence-electron chi connectivity index (χ4n) is 3.59. The van der Waals surface area contributed by atoms with Gasteiger partial charge in [0.2, 0.25) is 0 Å². The molecule has 2 atom stereocenters. The Morgan fingerprint density at radius 1 is 1.12 bits per heavy atom. The fourth-order valence-corrected chi connectivity index (χ4v) is 3.87. The molecule has 3 rings (SSSR count). The normalized spacial score (nSPS) is 19.3. The van der Waals surface area contributed by atoms with Gasteiger partial charge in [-0.25, -0.2) is 9.59 Å². The number of benzene rings is 2. The SMILES string of the molecule is CC(C)C1CCC(C)(S)CC1=O.COC(=O)c1ccccc1N.Cc1cccc(C(=O)O)c1N. The van der Waals surface area contributed by atoms with Gasteiger partial charge in [0.1, 0.15) is 5.78 Å². The Labute approximate surface area is 207 Å². The van der Waals surface area contributed by atoms with Crippen LogP contribution >= 0.6 is 12.6 Å². The van der Waals surface area contributed by atoms with Crippen LogP contribution in [0.25, 0.3) is 0 Å². The van der Waals surface area contributed by atoms with Gasteiger partial charge in [-0.1, -0.05) is 45.0 Å². The number of nitrogen functional groups attached to an aromatic ring is 2. The summed E-state index contributed by atoms with van der Waals surface area (Å²) in [6, 6.07) is 11.7. The van der Waals surface area contributed by atoms with Gasteiger partial charge in [-0.15, -0.1) is 0 Å². The van der Waals surface area contributed by atoms with Crippen LogP contribution in [0.3, 0.4) is 0 Å². The van der Waals surface area contributed by atoms with Gasteiger partial charge >= 0.3 is 11.9 Å². The maximum atomic E-state index is 11.6. The van der Waals surface area contributed by atoms with Gasteiger partial charge in [0.15, 0.2) is 0 Å². The van der Waals surface area contributed by atoms with Gasteiger partial charge in [0.25, 0.3) is 0 Å². The summed E-state index contributed by atoms with van der Waals surface area (Å²) in [5, 5.41) is 8.61. The fraction of sp³-hybridized carbons (Fsp3) is 0.423. The summed E-state index contributed by atoms with van der Waals surface area (Å²) in [5.74, 6) is -0.171. The maximum Gasteiger partial charge on any atom is 0.339 e. The van der Waals surface area contributed by atoms with Crippen molar-refractivity contribution in [3.05, 3.63) is 59.2 Å². The topological polar surface area (TPSA) is 133 Å². The second kappa shape index (κ2) is 13.0. The zero-order valence-corrected chi connectivity index (χ0v) is 21.4. The summed E-state index contributed by atoms with van der Waals surface area (Å²) in [4.78, 5) is 33.0. The highest BCUT2D eigenvalue weighted by Gasteiger charge is 2.35. The van der Waals surface area contributed by atoms with Crippen molar-refractivity contribution in [3.63, 3.8) is 0 Å². The van der Waals surface area contributed by atoms with Crippen molar-refractivity contribution < 1.29 is 24.2 Å². The Bertz CT molecular complexity index is 1000. The lowest BCUT2D eigenvalue weighted by Gasteiger charge is -2.33. The molecule has 34 heavy (non-hydrogen) atoms. The monoisotopic (exact) mass is 488 g/mol. The number of methoxy groups -OCH3 is 1. The van der Waals surface area contributed by atoms with Crippen molar-refractivity contribution in [3.8, 4) is 0 Å². The molecule has 0 aromatic heterocycles. The Morgan fingerprint density at radius 2 is 1.71 bits per heavy atom. The van der Waals surface area contributed by atoms with Crippen molar-refractivity contribution in [2.24, 2.45) is 11.8 Å². The van der Waals surface area contributed by atoms with Crippen LogP contribution in [0.4, 0.5) is 11.4 Å². The predicted molar refractivity (Wildman–Crippen MR) is 139 cm³/mol. The van der Waals surface area contributed by atoms with Crippen LogP contribution in [0.1, 0.15) is 66.3 Å². The minimum Gasteiger partial charge on any atom is -0.478 e. The summed E-state index contributed by atoms with van der Waals surface area (Å²) < 4.78 is 4.46. The summed E-state index contributed by atoms with van der Waals surface area (Å²) in [7, 11) is 1.33. The highest BCUT2D eigenvalue weighted by Crippen LogP contribution is 2.36. The van der Waals surface area contributed by atoms with E-state index >= 15 is 0 Å². The first-order chi connectivity index (χ1) is 15.8. The molecule has 2 aromatic carbocycles. The van der Waals surface area contributed by atoms with Gasteiger partial charge in [-0.2, -0.15) is 12.6 Å². The second-order valence-electron chi connectivity index (χ2n) is 8.95. The van der Waals surface area contributed by atoms with Crippen LogP contribution in [0.2, 0.25) is 0 Å². The van der Waals surface area contributed by atoms with E-state index < -0.39 is 11.9 Å². The summed E-state index contributed by atoms with van der Waals surface area (Å²) in [6.45, 7) is 8.10. The quantitative estimate of drug-likeness (QED) is 0.270. The molecule has 8 heteroatoms. The molecule has 0 radical (unpaired) electrons. The Hall–Kier alpha value is -3.00. The molecule has 0 spiro atoms. The average molecular weight is 489 g/mol. The zero-order chi connectivity index (χ0) is 26.1. The number of carboxylic acid groups (broad SMARTS) is 1. The first kappa shape index (κ1) is 29.0. The van der Waals surface area contributed by atoms with Gasteiger partial charge in [-0.3, -0.25) is 4.79 Å². The average Bonchev–Trinajstić information content (AvgIpc) is 2.75. The molecule has 5 N–H and O–H groups in total. The Kier molecular flexibility index (Phi) is 11.1. The molecule has 0 bridgehead atoms. The molecule has 0 heterocycles. The Balaban J connectivity index is 0.000000255. The van der Waals surface area contributed by atoms with Gasteiger partial charge in [0.05, 0.1) is 18.2 Å². The molecular formula is C26H36N2O5S. The number of anilines is 2. The number of carboxylic acids is 1. The molecule has 1 aliphatic carbocycles. The number of hydrogen-bond donors (Lipinski definition) is 4. The highest BCUT2D eigenvalue weighted by atomic mass is 32.1. The number of hydrogen-bond acceptors (Lipinski definition) is 7. The minimum absolute atomic E-state index is 0.0392. The smallest absolute Gasteiger partial charge is 0.339 e. The number of ether oxygens (including phenoxy) is 1. The summed E-state index contributed by atoms with van der Waals surface area (Å²) >= 11 is 4.47. The van der Waals surface area contributed by atoms with E-state index in [0.29, 0.717) is 41.0 Å². The van der Waals surface area contributed by atoms with Crippen molar-refractivity contribution in [1.82, 2.24) is 0 Å². The second-order valence-corrected chi connectivity index (χ2v) is 10.0. The molecular weight excluding hydrogens is 452 g/mol. The van der Waals surface area contributed by atoms with Crippen LogP contribution in [0.15, 0.2) is 42.5 Å². The van der Waals surface area contributed by atoms with Crippen molar-refractivity contribution in [2.45, 2.75) is 51.7 Å². The van der Waals surface area contributed by atoms with E-state index in [2.05, 4.69) is 38.1 Å². The molecule has 1 saturated carbocycles. The van der Waals surface area contributed by atoms with Crippen LogP contribution in [-0.4, -0.2) is 34.7 Å². The molecule has 186 valence electrons. The van der Waals surface area contributed by atoms with Crippen molar-refractivity contribution in [1.29, 1.82) is 0 Å². The van der Waals surface area contributed by atoms with Crippen LogP contribution < -0.4 is 11.5 Å². The zero-order valence-electron chi connectivity index (χ0n) is 20.5. The van der Waals surface area contributed by atoms with E-state index in [0.717, 1.165) is 18.4 Å². The lowest BCUT2D eigenvalue weighted by atomic mass is 9.76. The number of aryl methyl sites for hydroxylation is 1. The lowest BCUT2D eigenvalue weighted by Crippen LogP contribution is -2.35. The summed E-state index contributed by atoms with van der Waals surface area (Å²) in [5.41, 5.74) is 13.2. The third-order valence-corrected chi connectivity index (χ3v) is 6.07. The van der Waals surface area contributed by atoms with Crippen LogP contribution in [0.5, 0.6) is 0 Å². The highest BCUT2D eigenvalue weighted by molar-refractivity contribution is 7.81.